The predicted molar refractivity (Wildman–Crippen MR) is 117 cm³/mol. The minimum absolute atomic E-state index is 0.221. The van der Waals surface area contributed by atoms with Crippen LogP contribution >= 0.6 is 11.6 Å². The lowest BCUT2D eigenvalue weighted by Gasteiger charge is -2.14. The summed E-state index contributed by atoms with van der Waals surface area (Å²) < 4.78 is 10.9. The van der Waals surface area contributed by atoms with E-state index < -0.39 is 0 Å². The second-order valence-electron chi connectivity index (χ2n) is 6.43. The number of nitrogens with zero attached hydrogens (tertiary/aromatic N) is 2. The Bertz CT molecular complexity index is 1240. The Morgan fingerprint density at radius 2 is 1.83 bits per heavy atom. The molecule has 4 rings (SSSR count). The van der Waals surface area contributed by atoms with Gasteiger partial charge in [0.2, 0.25) is 0 Å². The van der Waals surface area contributed by atoms with Crippen LogP contribution in [0.3, 0.4) is 0 Å². The summed E-state index contributed by atoms with van der Waals surface area (Å²) in [6.45, 7) is 0. The van der Waals surface area contributed by atoms with Crippen LogP contribution in [0.1, 0.15) is 10.4 Å². The molecule has 0 radical (unpaired) electrons. The molecular formula is C23H18ClN3O3. The van der Waals surface area contributed by atoms with Crippen LogP contribution in [0.4, 0.5) is 5.69 Å². The van der Waals surface area contributed by atoms with Crippen molar-refractivity contribution < 1.29 is 14.3 Å². The van der Waals surface area contributed by atoms with Gasteiger partial charge in [-0.3, -0.25) is 4.79 Å². The van der Waals surface area contributed by atoms with Crippen molar-refractivity contribution in [1.29, 1.82) is 0 Å². The van der Waals surface area contributed by atoms with Crippen LogP contribution in [0.2, 0.25) is 5.15 Å². The van der Waals surface area contributed by atoms with Crippen molar-refractivity contribution in [2.45, 2.75) is 0 Å². The molecule has 2 aromatic carbocycles. The molecule has 0 fully saturated rings. The first-order valence-corrected chi connectivity index (χ1v) is 9.52. The highest BCUT2D eigenvalue weighted by Crippen LogP contribution is 2.34. The van der Waals surface area contributed by atoms with Crippen LogP contribution in [0.15, 0.2) is 66.9 Å². The Labute approximate surface area is 178 Å². The Morgan fingerprint density at radius 1 is 1.00 bits per heavy atom. The van der Waals surface area contributed by atoms with Crippen molar-refractivity contribution in [2.24, 2.45) is 0 Å². The number of hydrogen-bond acceptors (Lipinski definition) is 5. The van der Waals surface area contributed by atoms with Crippen molar-refractivity contribution in [3.63, 3.8) is 0 Å². The smallest absolute Gasteiger partial charge is 0.256 e. The summed E-state index contributed by atoms with van der Waals surface area (Å²) in [4.78, 5) is 21.9. The van der Waals surface area contributed by atoms with E-state index in [4.69, 9.17) is 26.1 Å². The summed E-state index contributed by atoms with van der Waals surface area (Å²) in [5.41, 5.74) is 2.89. The molecule has 0 saturated carbocycles. The number of fused-ring (bicyclic) bond motifs is 1. The van der Waals surface area contributed by atoms with E-state index in [1.54, 1.807) is 50.7 Å². The Hall–Kier alpha value is -3.64. The third-order valence-electron chi connectivity index (χ3n) is 4.65. The third-order valence-corrected chi connectivity index (χ3v) is 4.95. The molecule has 150 valence electrons. The summed E-state index contributed by atoms with van der Waals surface area (Å²) in [7, 11) is 3.18. The molecule has 1 N–H and O–H groups in total. The lowest BCUT2D eigenvalue weighted by atomic mass is 10.0. The van der Waals surface area contributed by atoms with Gasteiger partial charge in [0.05, 0.1) is 36.7 Å². The van der Waals surface area contributed by atoms with Gasteiger partial charge >= 0.3 is 0 Å². The van der Waals surface area contributed by atoms with Gasteiger partial charge in [0.25, 0.3) is 5.91 Å². The van der Waals surface area contributed by atoms with Gasteiger partial charge in [-0.25, -0.2) is 9.97 Å². The average Bonchev–Trinajstić information content (AvgIpc) is 2.79. The topological polar surface area (TPSA) is 73.3 Å². The molecule has 7 heteroatoms. The quantitative estimate of drug-likeness (QED) is 0.449. The third kappa shape index (κ3) is 3.77. The monoisotopic (exact) mass is 419 g/mol. The minimum Gasteiger partial charge on any atom is -0.497 e. The predicted octanol–water partition coefficient (Wildman–Crippen LogP) is 5.22. The molecular weight excluding hydrogens is 402 g/mol. The first-order valence-electron chi connectivity index (χ1n) is 9.14. The van der Waals surface area contributed by atoms with Crippen LogP contribution in [0.5, 0.6) is 11.5 Å². The second kappa shape index (κ2) is 8.39. The first-order chi connectivity index (χ1) is 14.6. The Balaban J connectivity index is 1.87. The van der Waals surface area contributed by atoms with Gasteiger partial charge in [0.15, 0.2) is 5.15 Å². The molecule has 0 aliphatic heterocycles. The number of halogens is 1. The fraction of sp³-hybridized carbons (Fsp3) is 0.0870. The summed E-state index contributed by atoms with van der Waals surface area (Å²) in [6.07, 6.45) is 1.56. The molecule has 0 spiro atoms. The lowest BCUT2D eigenvalue weighted by molar-refractivity contribution is 0.102. The highest BCUT2D eigenvalue weighted by Gasteiger charge is 2.17. The van der Waals surface area contributed by atoms with Gasteiger partial charge in [0, 0.05) is 17.1 Å². The normalized spacial score (nSPS) is 10.6. The number of carbonyl (C=O) groups excluding carboxylic acids is 1. The summed E-state index contributed by atoms with van der Waals surface area (Å²) in [5.74, 6) is 0.973. The largest absolute Gasteiger partial charge is 0.497 e. The molecule has 1 amide bonds. The van der Waals surface area contributed by atoms with E-state index in [-0.39, 0.29) is 11.1 Å². The molecule has 4 aromatic rings. The van der Waals surface area contributed by atoms with Gasteiger partial charge in [0.1, 0.15) is 11.5 Å². The summed E-state index contributed by atoms with van der Waals surface area (Å²) in [5, 5.41) is 3.78. The molecule has 0 aliphatic rings. The number of anilines is 1. The number of carbonyl (C=O) groups is 1. The molecule has 0 aliphatic carbocycles. The molecule has 0 bridgehead atoms. The number of hydrogen-bond donors (Lipinski definition) is 1. The zero-order chi connectivity index (χ0) is 21.1. The number of aromatic nitrogens is 2. The highest BCUT2D eigenvalue weighted by atomic mass is 35.5. The molecule has 0 unspecified atom stereocenters. The maximum absolute atomic E-state index is 13.2. The number of benzene rings is 2. The summed E-state index contributed by atoms with van der Waals surface area (Å²) in [6, 6.07) is 18.0. The zero-order valence-electron chi connectivity index (χ0n) is 16.3. The number of pyridine rings is 2. The summed E-state index contributed by atoms with van der Waals surface area (Å²) >= 11 is 6.11. The standard InChI is InChI=1S/C23H18ClN3O3/c1-29-14-9-10-21(30-2)17(12-14)20-13-16(15-6-3-4-7-18(15)26-20)23(28)27-19-8-5-11-25-22(19)24/h3-13H,1-2H3,(H,27,28). The van der Waals surface area contributed by atoms with Crippen LogP contribution in [-0.4, -0.2) is 30.1 Å². The highest BCUT2D eigenvalue weighted by molar-refractivity contribution is 6.32. The van der Waals surface area contributed by atoms with Crippen molar-refractivity contribution in [3.8, 4) is 22.8 Å². The van der Waals surface area contributed by atoms with Gasteiger partial charge in [-0.05, 0) is 42.5 Å². The zero-order valence-corrected chi connectivity index (χ0v) is 17.1. The van der Waals surface area contributed by atoms with Crippen molar-refractivity contribution in [3.05, 3.63) is 77.6 Å². The number of rotatable bonds is 5. The van der Waals surface area contributed by atoms with Crippen molar-refractivity contribution >= 4 is 34.1 Å². The number of para-hydroxylation sites is 1. The Morgan fingerprint density at radius 3 is 2.60 bits per heavy atom. The van der Waals surface area contributed by atoms with E-state index in [9.17, 15) is 4.79 Å². The van der Waals surface area contributed by atoms with Gasteiger partial charge in [-0.1, -0.05) is 29.8 Å². The SMILES string of the molecule is COc1ccc(OC)c(-c2cc(C(=O)Nc3cccnc3Cl)c3ccccc3n2)c1. The number of ether oxygens (including phenoxy) is 2. The van der Waals surface area contributed by atoms with Crippen LogP contribution in [0, 0.1) is 0 Å². The van der Waals surface area contributed by atoms with Crippen molar-refractivity contribution in [2.75, 3.05) is 19.5 Å². The van der Waals surface area contributed by atoms with E-state index in [1.165, 1.54) is 0 Å². The number of nitrogens with one attached hydrogen (secondary N) is 1. The van der Waals surface area contributed by atoms with Crippen molar-refractivity contribution in [1.82, 2.24) is 9.97 Å². The minimum atomic E-state index is -0.313. The fourth-order valence-corrected chi connectivity index (χ4v) is 3.35. The van der Waals surface area contributed by atoms with Gasteiger partial charge in [-0.15, -0.1) is 0 Å². The van der Waals surface area contributed by atoms with Crippen LogP contribution in [0.25, 0.3) is 22.2 Å². The van der Waals surface area contributed by atoms with E-state index >= 15 is 0 Å². The average molecular weight is 420 g/mol. The van der Waals surface area contributed by atoms with E-state index in [0.717, 1.165) is 10.9 Å². The molecule has 0 saturated heterocycles. The molecule has 0 atom stereocenters. The molecule has 30 heavy (non-hydrogen) atoms. The first kappa shape index (κ1) is 19.7. The maximum atomic E-state index is 13.2. The molecule has 2 aromatic heterocycles. The maximum Gasteiger partial charge on any atom is 0.256 e. The number of amides is 1. The number of methoxy groups -OCH3 is 2. The van der Waals surface area contributed by atoms with Crippen LogP contribution < -0.4 is 14.8 Å². The van der Waals surface area contributed by atoms with E-state index in [0.29, 0.717) is 34.0 Å². The van der Waals surface area contributed by atoms with Crippen LogP contribution in [-0.2, 0) is 0 Å². The van der Waals surface area contributed by atoms with Gasteiger partial charge < -0.3 is 14.8 Å². The Kier molecular flexibility index (Phi) is 5.50. The lowest BCUT2D eigenvalue weighted by Crippen LogP contribution is -2.13. The van der Waals surface area contributed by atoms with Gasteiger partial charge in [-0.2, -0.15) is 0 Å². The van der Waals surface area contributed by atoms with E-state index in [2.05, 4.69) is 10.3 Å². The fourth-order valence-electron chi connectivity index (χ4n) is 3.18. The second-order valence-corrected chi connectivity index (χ2v) is 6.79. The molecule has 6 nitrogen and oxygen atoms in total. The van der Waals surface area contributed by atoms with E-state index in [1.807, 2.05) is 30.3 Å². The molecule has 2 heterocycles.